The summed E-state index contributed by atoms with van der Waals surface area (Å²) in [4.78, 5) is 20.6. The average Bonchev–Trinajstić information content (AvgIpc) is 2.40. The van der Waals surface area contributed by atoms with Crippen molar-refractivity contribution in [2.75, 3.05) is 43.3 Å². The van der Waals surface area contributed by atoms with E-state index in [1.807, 2.05) is 38.0 Å². The Bertz CT molecular complexity index is 469. The zero-order valence-electron chi connectivity index (χ0n) is 11.5. The molecule has 1 N–H and O–H groups in total. The summed E-state index contributed by atoms with van der Waals surface area (Å²) in [5.74, 6) is 1.34. The highest BCUT2D eigenvalue weighted by molar-refractivity contribution is 5.57. The average molecular weight is 259 g/mol. The lowest BCUT2D eigenvalue weighted by Gasteiger charge is -2.12. The second-order valence-corrected chi connectivity index (χ2v) is 4.46. The Morgan fingerprint density at radius 2 is 1.00 bits per heavy atom. The fraction of sp³-hybridized carbons (Fsp3) is 0.333. The van der Waals surface area contributed by atoms with Gasteiger partial charge < -0.3 is 15.1 Å². The lowest BCUT2D eigenvalue weighted by Crippen LogP contribution is -2.13. The van der Waals surface area contributed by atoms with E-state index in [0.717, 1.165) is 11.4 Å². The van der Waals surface area contributed by atoms with Crippen LogP contribution in [0.5, 0.6) is 0 Å². The van der Waals surface area contributed by atoms with Gasteiger partial charge in [0.2, 0.25) is 11.9 Å². The molecule has 2 aromatic rings. The first-order valence-electron chi connectivity index (χ1n) is 5.82. The third-order valence-corrected chi connectivity index (χ3v) is 2.37. The number of anilines is 4. The Morgan fingerprint density at radius 3 is 1.26 bits per heavy atom. The van der Waals surface area contributed by atoms with Crippen LogP contribution in [0.1, 0.15) is 0 Å². The van der Waals surface area contributed by atoms with E-state index in [1.165, 1.54) is 0 Å². The molecule has 2 aromatic heterocycles. The van der Waals surface area contributed by atoms with Gasteiger partial charge in [-0.1, -0.05) is 0 Å². The molecule has 0 aliphatic rings. The first-order chi connectivity index (χ1) is 9.06. The van der Waals surface area contributed by atoms with E-state index in [1.54, 1.807) is 24.8 Å². The number of nitrogens with zero attached hydrogens (tertiary/aromatic N) is 6. The number of hydrogen-bond acceptors (Lipinski definition) is 7. The van der Waals surface area contributed by atoms with E-state index in [4.69, 9.17) is 0 Å². The molecule has 2 heterocycles. The Hall–Kier alpha value is -2.44. The SMILES string of the molecule is CN(C)c1ncc(Nc2cnc(N(C)C)nc2)cn1. The van der Waals surface area contributed by atoms with Crippen molar-refractivity contribution in [3.05, 3.63) is 24.8 Å². The summed E-state index contributed by atoms with van der Waals surface area (Å²) in [6.45, 7) is 0. The zero-order valence-corrected chi connectivity index (χ0v) is 11.5. The molecule has 0 bridgehead atoms. The molecule has 0 unspecified atom stereocenters. The molecule has 2 rings (SSSR count). The molecule has 7 nitrogen and oxygen atoms in total. The summed E-state index contributed by atoms with van der Waals surface area (Å²) in [5, 5.41) is 3.15. The van der Waals surface area contributed by atoms with Crippen LogP contribution in [-0.2, 0) is 0 Å². The molecule has 19 heavy (non-hydrogen) atoms. The van der Waals surface area contributed by atoms with Crippen molar-refractivity contribution in [3.63, 3.8) is 0 Å². The molecule has 0 aliphatic heterocycles. The van der Waals surface area contributed by atoms with Crippen LogP contribution in [0.4, 0.5) is 23.3 Å². The zero-order chi connectivity index (χ0) is 13.8. The molecule has 0 saturated heterocycles. The van der Waals surface area contributed by atoms with E-state index < -0.39 is 0 Å². The number of rotatable bonds is 4. The summed E-state index contributed by atoms with van der Waals surface area (Å²) in [5.41, 5.74) is 1.60. The summed E-state index contributed by atoms with van der Waals surface area (Å²) in [7, 11) is 7.60. The molecule has 100 valence electrons. The second kappa shape index (κ2) is 5.47. The van der Waals surface area contributed by atoms with E-state index in [-0.39, 0.29) is 0 Å². The van der Waals surface area contributed by atoms with Crippen LogP contribution < -0.4 is 15.1 Å². The number of nitrogens with one attached hydrogen (secondary N) is 1. The lowest BCUT2D eigenvalue weighted by molar-refractivity contribution is 0.994. The molecule has 0 saturated carbocycles. The van der Waals surface area contributed by atoms with Gasteiger partial charge >= 0.3 is 0 Å². The van der Waals surface area contributed by atoms with Crippen molar-refractivity contribution in [1.29, 1.82) is 0 Å². The lowest BCUT2D eigenvalue weighted by atomic mass is 10.4. The van der Waals surface area contributed by atoms with Crippen molar-refractivity contribution in [2.24, 2.45) is 0 Å². The van der Waals surface area contributed by atoms with E-state index in [9.17, 15) is 0 Å². The highest BCUT2D eigenvalue weighted by atomic mass is 15.2. The third-order valence-electron chi connectivity index (χ3n) is 2.37. The summed E-state index contributed by atoms with van der Waals surface area (Å²) in [6, 6.07) is 0. The fourth-order valence-corrected chi connectivity index (χ4v) is 1.40. The van der Waals surface area contributed by atoms with Gasteiger partial charge in [0.1, 0.15) is 0 Å². The van der Waals surface area contributed by atoms with Gasteiger partial charge in [-0.15, -0.1) is 0 Å². The number of hydrogen-bond donors (Lipinski definition) is 1. The predicted octanol–water partition coefficient (Wildman–Crippen LogP) is 1.14. The highest BCUT2D eigenvalue weighted by Crippen LogP contribution is 2.15. The molecule has 7 heteroatoms. The van der Waals surface area contributed by atoms with Crippen LogP contribution >= 0.6 is 0 Å². The van der Waals surface area contributed by atoms with Crippen LogP contribution in [0.3, 0.4) is 0 Å². The smallest absolute Gasteiger partial charge is 0.224 e. The van der Waals surface area contributed by atoms with Gasteiger partial charge in [-0.3, -0.25) is 0 Å². The minimum atomic E-state index is 0.671. The van der Waals surface area contributed by atoms with Crippen molar-refractivity contribution >= 4 is 23.3 Å². The second-order valence-electron chi connectivity index (χ2n) is 4.46. The molecule has 0 radical (unpaired) electrons. The largest absolute Gasteiger partial charge is 0.350 e. The quantitative estimate of drug-likeness (QED) is 0.882. The minimum absolute atomic E-state index is 0.671. The van der Waals surface area contributed by atoms with Crippen LogP contribution in [0.2, 0.25) is 0 Å². The van der Waals surface area contributed by atoms with Gasteiger partial charge in [0.05, 0.1) is 36.2 Å². The van der Waals surface area contributed by atoms with Crippen molar-refractivity contribution in [3.8, 4) is 0 Å². The summed E-state index contributed by atoms with van der Waals surface area (Å²) >= 11 is 0. The van der Waals surface area contributed by atoms with Crippen LogP contribution in [0.25, 0.3) is 0 Å². The Balaban J connectivity index is 2.08. The van der Waals surface area contributed by atoms with Crippen molar-refractivity contribution in [1.82, 2.24) is 19.9 Å². The molecule has 0 fully saturated rings. The normalized spacial score (nSPS) is 10.1. The van der Waals surface area contributed by atoms with Crippen molar-refractivity contribution in [2.45, 2.75) is 0 Å². The van der Waals surface area contributed by atoms with Gasteiger partial charge in [0.15, 0.2) is 0 Å². The molecule has 0 aromatic carbocycles. The first-order valence-corrected chi connectivity index (χ1v) is 5.82. The predicted molar refractivity (Wildman–Crippen MR) is 76.0 cm³/mol. The highest BCUT2D eigenvalue weighted by Gasteiger charge is 2.02. The first kappa shape index (κ1) is 13.0. The Morgan fingerprint density at radius 1 is 0.684 bits per heavy atom. The molecule has 0 spiro atoms. The fourth-order valence-electron chi connectivity index (χ4n) is 1.40. The van der Waals surface area contributed by atoms with Crippen molar-refractivity contribution < 1.29 is 0 Å². The monoisotopic (exact) mass is 259 g/mol. The van der Waals surface area contributed by atoms with E-state index in [0.29, 0.717) is 11.9 Å². The Labute approximate surface area is 112 Å². The molecule has 0 atom stereocenters. The van der Waals surface area contributed by atoms with Crippen LogP contribution in [0.15, 0.2) is 24.8 Å². The third kappa shape index (κ3) is 3.27. The maximum Gasteiger partial charge on any atom is 0.224 e. The van der Waals surface area contributed by atoms with Gasteiger partial charge in [0.25, 0.3) is 0 Å². The molecular formula is C12H17N7. The number of aromatic nitrogens is 4. The van der Waals surface area contributed by atoms with E-state index >= 15 is 0 Å². The van der Waals surface area contributed by atoms with Crippen LogP contribution in [-0.4, -0.2) is 48.1 Å². The topological polar surface area (TPSA) is 70.1 Å². The van der Waals surface area contributed by atoms with Gasteiger partial charge in [0, 0.05) is 28.2 Å². The van der Waals surface area contributed by atoms with Gasteiger partial charge in [-0.2, -0.15) is 0 Å². The van der Waals surface area contributed by atoms with E-state index in [2.05, 4.69) is 25.3 Å². The van der Waals surface area contributed by atoms with Gasteiger partial charge in [-0.05, 0) is 0 Å². The van der Waals surface area contributed by atoms with Crippen LogP contribution in [0, 0.1) is 0 Å². The summed E-state index contributed by atoms with van der Waals surface area (Å²) < 4.78 is 0. The minimum Gasteiger partial charge on any atom is -0.350 e. The molecule has 0 amide bonds. The summed E-state index contributed by atoms with van der Waals surface area (Å²) in [6.07, 6.45) is 6.90. The van der Waals surface area contributed by atoms with Gasteiger partial charge in [-0.25, -0.2) is 19.9 Å². The molecule has 0 aliphatic carbocycles. The standard InChI is InChI=1S/C12H17N7/c1-18(2)11-13-5-9(6-14-11)17-10-7-15-12(16-8-10)19(3)4/h5-8,17H,1-4H3. The Kier molecular flexibility index (Phi) is 3.74. The maximum absolute atomic E-state index is 4.22. The molecular weight excluding hydrogens is 242 g/mol. The maximum atomic E-state index is 4.22.